The van der Waals surface area contributed by atoms with E-state index < -0.39 is 18.6 Å². The largest absolute Gasteiger partial charge is 0.496 e. The first kappa shape index (κ1) is 29.5. The third kappa shape index (κ3) is 5.97. The van der Waals surface area contributed by atoms with Crippen LogP contribution in [-0.2, 0) is 9.53 Å². The van der Waals surface area contributed by atoms with Gasteiger partial charge in [-0.15, -0.1) is 0 Å². The number of methoxy groups -OCH3 is 2. The number of ether oxygens (including phenoxy) is 4. The molecule has 1 aromatic heterocycles. The fourth-order valence-corrected chi connectivity index (χ4v) is 5.99. The summed E-state index contributed by atoms with van der Waals surface area (Å²) in [6.45, 7) is 0.859. The Bertz CT molecular complexity index is 1630. The van der Waals surface area contributed by atoms with E-state index in [4.69, 9.17) is 19.2 Å². The van der Waals surface area contributed by atoms with Crippen molar-refractivity contribution in [1.29, 1.82) is 0 Å². The lowest BCUT2D eigenvalue weighted by Gasteiger charge is -2.26. The van der Waals surface area contributed by atoms with E-state index >= 15 is 0 Å². The molecule has 0 bridgehead atoms. The zero-order valence-electron chi connectivity index (χ0n) is 22.2. The van der Waals surface area contributed by atoms with Crippen LogP contribution in [0.4, 0.5) is 8.78 Å². The van der Waals surface area contributed by atoms with Gasteiger partial charge in [-0.2, -0.15) is 8.78 Å². The molecule has 0 amide bonds. The number of esters is 1. The molecule has 4 rings (SSSR count). The molecule has 0 fully saturated rings. The van der Waals surface area contributed by atoms with Crippen LogP contribution in [0.3, 0.4) is 0 Å². The number of benzene rings is 2. The number of carbonyl (C=O) groups excluding carboxylic acids is 1. The molecule has 212 valence electrons. The Kier molecular flexibility index (Phi) is 9.41. The Morgan fingerprint density at radius 3 is 2.48 bits per heavy atom. The highest BCUT2D eigenvalue weighted by Crippen LogP contribution is 2.36. The molecule has 1 aliphatic heterocycles. The van der Waals surface area contributed by atoms with Gasteiger partial charge in [-0.1, -0.05) is 36.8 Å². The van der Waals surface area contributed by atoms with Crippen LogP contribution in [0.15, 0.2) is 61.9 Å². The summed E-state index contributed by atoms with van der Waals surface area (Å²) in [5, 5.41) is 0. The average molecular weight is 637 g/mol. The first-order valence-corrected chi connectivity index (χ1v) is 14.0. The van der Waals surface area contributed by atoms with Crippen LogP contribution in [0.2, 0.25) is 0 Å². The summed E-state index contributed by atoms with van der Waals surface area (Å²) in [5.41, 5.74) is 1.69. The summed E-state index contributed by atoms with van der Waals surface area (Å²) in [5.74, 6) is 0.0298. The van der Waals surface area contributed by atoms with Gasteiger partial charge in [0.2, 0.25) is 0 Å². The third-order valence-electron chi connectivity index (χ3n) is 6.09. The van der Waals surface area contributed by atoms with Crippen molar-refractivity contribution in [3.63, 3.8) is 0 Å². The molecule has 8 nitrogen and oxygen atoms in total. The minimum Gasteiger partial charge on any atom is -0.496 e. The number of allylic oxidation sites excluding steroid dienone is 1. The highest BCUT2D eigenvalue weighted by Gasteiger charge is 2.34. The Balaban J connectivity index is 1.94. The van der Waals surface area contributed by atoms with Gasteiger partial charge in [0, 0.05) is 0 Å². The van der Waals surface area contributed by atoms with Gasteiger partial charge in [0.1, 0.15) is 5.75 Å². The second-order valence-corrected chi connectivity index (χ2v) is 10.5. The zero-order chi connectivity index (χ0) is 29.0. The maximum atomic E-state index is 13.9. The van der Waals surface area contributed by atoms with E-state index in [0.717, 1.165) is 6.42 Å². The van der Waals surface area contributed by atoms with Gasteiger partial charge < -0.3 is 18.9 Å². The van der Waals surface area contributed by atoms with Crippen molar-refractivity contribution in [2.45, 2.75) is 39.3 Å². The maximum absolute atomic E-state index is 13.9. The van der Waals surface area contributed by atoms with Crippen molar-refractivity contribution in [3.8, 4) is 17.2 Å². The molecule has 0 saturated carbocycles. The molecule has 2 heterocycles. The van der Waals surface area contributed by atoms with Crippen molar-refractivity contribution in [2.75, 3.05) is 20.8 Å². The van der Waals surface area contributed by atoms with Gasteiger partial charge in [-0.05, 0) is 70.7 Å². The van der Waals surface area contributed by atoms with E-state index in [9.17, 15) is 18.4 Å². The van der Waals surface area contributed by atoms with Crippen molar-refractivity contribution >= 4 is 39.3 Å². The van der Waals surface area contributed by atoms with Crippen LogP contribution in [-0.4, -0.2) is 38.0 Å². The lowest BCUT2D eigenvalue weighted by atomic mass is 9.94. The molecule has 0 spiro atoms. The molecule has 0 N–H and O–H groups in total. The molecule has 0 saturated heterocycles. The predicted octanol–water partition coefficient (Wildman–Crippen LogP) is 4.96. The van der Waals surface area contributed by atoms with E-state index in [2.05, 4.69) is 20.7 Å². The first-order valence-electron chi connectivity index (χ1n) is 12.4. The Hall–Kier alpha value is -3.51. The summed E-state index contributed by atoms with van der Waals surface area (Å²) in [6, 6.07) is 8.96. The number of hydrogen-bond donors (Lipinski definition) is 0. The summed E-state index contributed by atoms with van der Waals surface area (Å²) in [7, 11) is 2.89. The molecule has 3 aromatic rings. The Morgan fingerprint density at radius 1 is 1.12 bits per heavy atom. The second kappa shape index (κ2) is 12.8. The van der Waals surface area contributed by atoms with Gasteiger partial charge in [-0.3, -0.25) is 9.36 Å². The van der Waals surface area contributed by atoms with Crippen molar-refractivity contribution in [3.05, 3.63) is 83.0 Å². The quantitative estimate of drug-likeness (QED) is 0.292. The van der Waals surface area contributed by atoms with Crippen molar-refractivity contribution in [2.24, 2.45) is 4.99 Å². The van der Waals surface area contributed by atoms with Crippen LogP contribution in [0.25, 0.3) is 6.08 Å². The topological polar surface area (TPSA) is 88.4 Å². The molecule has 0 unspecified atom stereocenters. The number of rotatable bonds is 10. The average Bonchev–Trinajstić information content (AvgIpc) is 3.22. The Morgan fingerprint density at radius 2 is 1.85 bits per heavy atom. The van der Waals surface area contributed by atoms with Gasteiger partial charge in [0.15, 0.2) is 16.3 Å². The summed E-state index contributed by atoms with van der Waals surface area (Å²) in [6.07, 6.45) is 2.85. The van der Waals surface area contributed by atoms with Crippen LogP contribution in [0, 0.1) is 0 Å². The Labute approximate surface area is 241 Å². The molecule has 12 heteroatoms. The summed E-state index contributed by atoms with van der Waals surface area (Å²) in [4.78, 5) is 32.3. The summed E-state index contributed by atoms with van der Waals surface area (Å²) >= 11 is 4.67. The number of halogens is 3. The predicted molar refractivity (Wildman–Crippen MR) is 150 cm³/mol. The van der Waals surface area contributed by atoms with Crippen LogP contribution in [0.1, 0.15) is 43.9 Å². The minimum atomic E-state index is -3.01. The van der Waals surface area contributed by atoms with E-state index in [1.165, 1.54) is 35.1 Å². The number of fused-ring (bicyclic) bond motifs is 1. The van der Waals surface area contributed by atoms with Gasteiger partial charge >= 0.3 is 12.6 Å². The lowest BCUT2D eigenvalue weighted by molar-refractivity contribution is -0.139. The number of alkyl halides is 2. The zero-order valence-corrected chi connectivity index (χ0v) is 24.6. The van der Waals surface area contributed by atoms with E-state index in [1.807, 2.05) is 13.0 Å². The van der Waals surface area contributed by atoms with Gasteiger partial charge in [0.05, 0.1) is 47.1 Å². The molecule has 0 radical (unpaired) electrons. The van der Waals surface area contributed by atoms with Crippen molar-refractivity contribution < 1.29 is 32.5 Å². The molecule has 40 heavy (non-hydrogen) atoms. The highest BCUT2D eigenvalue weighted by atomic mass is 79.9. The standard InChI is InChI=1S/C28H27BrF2N2O6S/c1-5-7-18-23(26(35)38-6-2)24(16-9-11-19(36-3)17(29)14-16)33-25(34)22(40-28(33)32-18)13-15-8-10-20(39-27(30)31)21(12-15)37-4/h8-14,24,27H,5-7H2,1-4H3/b22-13+/t24-/m0/s1. The van der Waals surface area contributed by atoms with E-state index in [-0.39, 0.29) is 23.7 Å². The molecule has 1 aliphatic rings. The molecular weight excluding hydrogens is 610 g/mol. The lowest BCUT2D eigenvalue weighted by Crippen LogP contribution is -2.40. The van der Waals surface area contributed by atoms with Crippen LogP contribution < -0.4 is 29.1 Å². The van der Waals surface area contributed by atoms with Crippen LogP contribution in [0.5, 0.6) is 17.2 Å². The molecule has 2 aromatic carbocycles. The summed E-state index contributed by atoms with van der Waals surface area (Å²) < 4.78 is 48.5. The molecule has 0 aliphatic carbocycles. The van der Waals surface area contributed by atoms with Crippen molar-refractivity contribution in [1.82, 2.24) is 4.57 Å². The third-order valence-corrected chi connectivity index (χ3v) is 7.69. The fourth-order valence-electron chi connectivity index (χ4n) is 4.41. The number of nitrogens with zero attached hydrogens (tertiary/aromatic N) is 2. The van der Waals surface area contributed by atoms with Gasteiger partial charge in [-0.25, -0.2) is 9.79 Å². The van der Waals surface area contributed by atoms with E-state index in [1.54, 1.807) is 38.3 Å². The number of carbonyl (C=O) groups is 1. The SMILES string of the molecule is CCCC1=C(C(=O)OCC)[C@H](c2ccc(OC)c(Br)c2)n2c(s/c(=C/c3ccc(OC(F)F)c(OC)c3)c2=O)=N1. The fraction of sp³-hybridized carbons (Fsp3) is 0.321. The smallest absolute Gasteiger partial charge is 0.387 e. The number of thiazole rings is 1. The molecular formula is C28H27BrF2N2O6S. The number of aromatic nitrogens is 1. The van der Waals surface area contributed by atoms with Gasteiger partial charge in [0.25, 0.3) is 5.56 Å². The monoisotopic (exact) mass is 636 g/mol. The molecule has 1 atom stereocenters. The normalized spacial score (nSPS) is 15.1. The van der Waals surface area contributed by atoms with Crippen LogP contribution >= 0.6 is 27.3 Å². The second-order valence-electron chi connectivity index (χ2n) is 8.60. The minimum absolute atomic E-state index is 0.0950. The van der Waals surface area contributed by atoms with E-state index in [0.29, 0.717) is 48.4 Å². The number of hydrogen-bond acceptors (Lipinski definition) is 8. The maximum Gasteiger partial charge on any atom is 0.387 e. The first-order chi connectivity index (χ1) is 19.2. The highest BCUT2D eigenvalue weighted by molar-refractivity contribution is 9.10.